The number of alkyl halides is 1. The van der Waals surface area contributed by atoms with Crippen LogP contribution in [0.5, 0.6) is 0 Å². The molecule has 0 saturated heterocycles. The Bertz CT molecular complexity index is 503. The second-order valence-electron chi connectivity index (χ2n) is 8.73. The molecule has 184 valence electrons. The van der Waals surface area contributed by atoms with Crippen molar-refractivity contribution in [2.75, 3.05) is 13.8 Å². The van der Waals surface area contributed by atoms with E-state index in [0.717, 1.165) is 11.8 Å². The fourth-order valence-corrected chi connectivity index (χ4v) is 2.52. The van der Waals surface area contributed by atoms with Crippen molar-refractivity contribution in [3.05, 3.63) is 58.7 Å². The standard InChI is InChI=1S/C13H20.C8H14.C6H14.CH3F.CH5P/c1-5-12-9-11(4)6-7-13(12)8-10(2)3;1-7(2)5-6-8(3)4;1-4-6(3)5-2;2*1-2/h5,8,11H,1,6-7,9H2,2-4H3;5-6H,1-4H3;6H,4-5H2,1-3H3;1H3;2H2,1H3. The monoisotopic (exact) mass is 454 g/mol. The first-order valence-electron chi connectivity index (χ1n) is 11.8. The number of halogens is 1. The lowest BCUT2D eigenvalue weighted by molar-refractivity contribution is 0.506. The summed E-state index contributed by atoms with van der Waals surface area (Å²) >= 11 is 0. The molecule has 1 rings (SSSR count). The Hall–Kier alpha value is -0.940. The first kappa shape index (κ1) is 37.4. The molecule has 31 heavy (non-hydrogen) atoms. The highest BCUT2D eigenvalue weighted by Crippen LogP contribution is 2.30. The van der Waals surface area contributed by atoms with Crippen LogP contribution in [0.1, 0.15) is 101 Å². The molecule has 2 atom stereocenters. The highest BCUT2D eigenvalue weighted by molar-refractivity contribution is 7.15. The van der Waals surface area contributed by atoms with Crippen molar-refractivity contribution in [1.29, 1.82) is 0 Å². The van der Waals surface area contributed by atoms with Gasteiger partial charge in [-0.05, 0) is 83.8 Å². The molecule has 2 unspecified atom stereocenters. The first-order valence-corrected chi connectivity index (χ1v) is 13.0. The van der Waals surface area contributed by atoms with Gasteiger partial charge in [-0.2, -0.15) is 0 Å². The zero-order valence-electron chi connectivity index (χ0n) is 23.2. The van der Waals surface area contributed by atoms with Crippen molar-refractivity contribution in [2.45, 2.75) is 101 Å². The smallest absolute Gasteiger partial charge is 0.0785 e. The Kier molecular flexibility index (Phi) is 32.7. The molecule has 0 amide bonds. The minimum Gasteiger partial charge on any atom is -0.255 e. The Morgan fingerprint density at radius 3 is 1.61 bits per heavy atom. The summed E-state index contributed by atoms with van der Waals surface area (Å²) in [5.74, 6) is 1.77. The van der Waals surface area contributed by atoms with Gasteiger partial charge in [-0.15, -0.1) is 9.24 Å². The maximum atomic E-state index is 9.50. The van der Waals surface area contributed by atoms with Crippen LogP contribution in [0.4, 0.5) is 4.39 Å². The van der Waals surface area contributed by atoms with Crippen LogP contribution in [0.2, 0.25) is 0 Å². The second kappa shape index (κ2) is 27.1. The minimum atomic E-state index is 0.500. The van der Waals surface area contributed by atoms with Crippen LogP contribution in [-0.4, -0.2) is 13.8 Å². The second-order valence-corrected chi connectivity index (χ2v) is 8.73. The van der Waals surface area contributed by atoms with E-state index in [1.54, 1.807) is 0 Å². The molecule has 0 heterocycles. The van der Waals surface area contributed by atoms with Gasteiger partial charge in [0.05, 0.1) is 7.18 Å². The van der Waals surface area contributed by atoms with Gasteiger partial charge in [-0.1, -0.05) is 94.8 Å². The summed E-state index contributed by atoms with van der Waals surface area (Å²) in [6.07, 6.45) is 15.0. The van der Waals surface area contributed by atoms with E-state index in [-0.39, 0.29) is 0 Å². The van der Waals surface area contributed by atoms with Crippen LogP contribution in [0.25, 0.3) is 0 Å². The number of hydrogen-bond acceptors (Lipinski definition) is 0. The van der Waals surface area contributed by atoms with Crippen molar-refractivity contribution in [2.24, 2.45) is 11.8 Å². The van der Waals surface area contributed by atoms with Crippen LogP contribution in [0.3, 0.4) is 0 Å². The third-order valence-corrected chi connectivity index (χ3v) is 4.74. The van der Waals surface area contributed by atoms with E-state index in [1.807, 2.05) is 12.7 Å². The van der Waals surface area contributed by atoms with Gasteiger partial charge in [0.2, 0.25) is 0 Å². The van der Waals surface area contributed by atoms with Crippen molar-refractivity contribution in [1.82, 2.24) is 0 Å². The summed E-state index contributed by atoms with van der Waals surface area (Å²) < 4.78 is 9.50. The number of allylic oxidation sites excluding steroid dienone is 9. The van der Waals surface area contributed by atoms with E-state index in [9.17, 15) is 4.39 Å². The summed E-state index contributed by atoms with van der Waals surface area (Å²) in [7, 11) is 2.92. The summed E-state index contributed by atoms with van der Waals surface area (Å²) in [4.78, 5) is 0. The maximum absolute atomic E-state index is 9.50. The Labute approximate surface area is 199 Å². The molecule has 0 aromatic carbocycles. The molecule has 0 aromatic rings. The van der Waals surface area contributed by atoms with Crippen LogP contribution >= 0.6 is 9.24 Å². The molecule has 0 nitrogen and oxygen atoms in total. The van der Waals surface area contributed by atoms with Crippen LogP contribution in [-0.2, 0) is 0 Å². The van der Waals surface area contributed by atoms with Crippen LogP contribution in [0.15, 0.2) is 58.7 Å². The quantitative estimate of drug-likeness (QED) is 0.286. The molecule has 0 spiro atoms. The minimum absolute atomic E-state index is 0.500. The Morgan fingerprint density at radius 2 is 1.35 bits per heavy atom. The van der Waals surface area contributed by atoms with E-state index < -0.39 is 0 Å². The molecule has 0 fully saturated rings. The van der Waals surface area contributed by atoms with Crippen LogP contribution in [0, 0.1) is 11.8 Å². The van der Waals surface area contributed by atoms with Gasteiger partial charge in [0.15, 0.2) is 0 Å². The summed E-state index contributed by atoms with van der Waals surface area (Å²) in [5, 5.41) is 0. The zero-order valence-corrected chi connectivity index (χ0v) is 24.3. The predicted molar refractivity (Wildman–Crippen MR) is 151 cm³/mol. The van der Waals surface area contributed by atoms with E-state index in [0.29, 0.717) is 7.18 Å². The largest absolute Gasteiger partial charge is 0.255 e. The van der Waals surface area contributed by atoms with Gasteiger partial charge < -0.3 is 0 Å². The van der Waals surface area contributed by atoms with Gasteiger partial charge in [0.1, 0.15) is 0 Å². The zero-order chi connectivity index (χ0) is 25.4. The Balaban J connectivity index is -0.000000175. The van der Waals surface area contributed by atoms with E-state index in [1.165, 1.54) is 60.0 Å². The maximum Gasteiger partial charge on any atom is 0.0785 e. The first-order chi connectivity index (χ1) is 14.6. The molecule has 2 heteroatoms. The highest BCUT2D eigenvalue weighted by atomic mass is 31.0. The van der Waals surface area contributed by atoms with Crippen LogP contribution < -0.4 is 0 Å². The topological polar surface area (TPSA) is 0 Å². The normalized spacial score (nSPS) is 14.0. The fraction of sp³-hybridized carbons (Fsp3) is 0.655. The third-order valence-electron chi connectivity index (χ3n) is 4.74. The summed E-state index contributed by atoms with van der Waals surface area (Å²) in [6, 6.07) is 0. The van der Waals surface area contributed by atoms with Crippen molar-refractivity contribution < 1.29 is 4.39 Å². The lowest BCUT2D eigenvalue weighted by Crippen LogP contribution is -2.05. The van der Waals surface area contributed by atoms with E-state index >= 15 is 0 Å². The average Bonchev–Trinajstić information content (AvgIpc) is 2.76. The third kappa shape index (κ3) is 29.1. The average molecular weight is 455 g/mol. The fourth-order valence-electron chi connectivity index (χ4n) is 2.52. The van der Waals surface area contributed by atoms with Gasteiger partial charge in [0.25, 0.3) is 0 Å². The lowest BCUT2D eigenvalue weighted by Gasteiger charge is -2.21. The molecule has 0 radical (unpaired) electrons. The molecule has 0 saturated carbocycles. The van der Waals surface area contributed by atoms with Crippen molar-refractivity contribution >= 4 is 9.24 Å². The molecular formula is C29H56FP. The highest BCUT2D eigenvalue weighted by Gasteiger charge is 2.14. The van der Waals surface area contributed by atoms with Gasteiger partial charge in [-0.25, -0.2) is 0 Å². The molecule has 0 N–H and O–H groups in total. The predicted octanol–water partition coefficient (Wildman–Crippen LogP) is 10.7. The Morgan fingerprint density at radius 1 is 0.935 bits per heavy atom. The van der Waals surface area contributed by atoms with Crippen molar-refractivity contribution in [3.8, 4) is 0 Å². The van der Waals surface area contributed by atoms with E-state index in [4.69, 9.17) is 0 Å². The lowest BCUT2D eigenvalue weighted by atomic mass is 9.84. The van der Waals surface area contributed by atoms with E-state index in [2.05, 4.69) is 103 Å². The van der Waals surface area contributed by atoms with Gasteiger partial charge in [-0.3, -0.25) is 4.39 Å². The summed E-state index contributed by atoms with van der Waals surface area (Å²) in [5.41, 5.74) is 7.06. The molecule has 0 aliphatic heterocycles. The number of hydrogen-bond donors (Lipinski definition) is 0. The number of rotatable bonds is 5. The molecule has 0 bridgehead atoms. The molecule has 1 aliphatic rings. The van der Waals surface area contributed by atoms with Gasteiger partial charge in [0, 0.05) is 0 Å². The van der Waals surface area contributed by atoms with Gasteiger partial charge >= 0.3 is 0 Å². The molecule has 1 aliphatic carbocycles. The van der Waals surface area contributed by atoms with Crippen molar-refractivity contribution in [3.63, 3.8) is 0 Å². The molecule has 0 aromatic heterocycles. The summed E-state index contributed by atoms with van der Waals surface area (Å²) in [6.45, 7) is 27.6. The molecular weight excluding hydrogens is 398 g/mol. The SMILES string of the molecule is C=CC1=C(C=C(C)C)CCC(C)C1.CC(C)=CC=C(C)C.CCC(C)CC.CF.CP.